The zero-order chi connectivity index (χ0) is 63.2. The molecule has 0 saturated heterocycles. The highest BCUT2D eigenvalue weighted by Crippen LogP contribution is 2.49. The first kappa shape index (κ1) is 65.3. The van der Waals surface area contributed by atoms with Crippen LogP contribution in [0.25, 0.3) is 50.4 Å². The van der Waals surface area contributed by atoms with Crippen LogP contribution in [0, 0.1) is 5.92 Å². The number of aliphatic hydroxyl groups is 4. The Bertz CT molecular complexity index is 3810. The molecular weight excluding hydrogens is 1170 g/mol. The van der Waals surface area contributed by atoms with Gasteiger partial charge in [0.2, 0.25) is 5.91 Å². The first-order chi connectivity index (χ1) is 42.2. The minimum atomic E-state index is -4.01. The maximum absolute atomic E-state index is 14.0. The number of carbonyl (C=O) groups is 4. The van der Waals surface area contributed by atoms with Gasteiger partial charge in [0.15, 0.2) is 0 Å². The van der Waals surface area contributed by atoms with Crippen LogP contribution in [0.15, 0.2) is 78.4 Å². The van der Waals surface area contributed by atoms with E-state index in [9.17, 15) is 56.4 Å². The second-order valence-corrected chi connectivity index (χ2v) is 27.1. The summed E-state index contributed by atoms with van der Waals surface area (Å²) in [6.45, 7) is -0.107. The average molecular weight is 1250 g/mol. The summed E-state index contributed by atoms with van der Waals surface area (Å²) in [7, 11) is 0.583. The Morgan fingerprint density at radius 1 is 0.568 bits per heavy atom. The highest BCUT2D eigenvalue weighted by atomic mass is 32.2. The lowest BCUT2D eigenvalue weighted by molar-refractivity contribution is -0.137. The monoisotopic (exact) mass is 1250 g/mol. The highest BCUT2D eigenvalue weighted by molar-refractivity contribution is 7.88. The lowest BCUT2D eigenvalue weighted by Crippen LogP contribution is -2.41. The summed E-state index contributed by atoms with van der Waals surface area (Å²) in [6.07, 6.45) is 13.2. The largest absolute Gasteiger partial charge is 0.497 e. The van der Waals surface area contributed by atoms with E-state index >= 15 is 0 Å². The van der Waals surface area contributed by atoms with E-state index in [1.807, 2.05) is 54.6 Å². The molecule has 2 aliphatic heterocycles. The number of hydrogen-bond donors (Lipinski definition) is 6. The zero-order valence-electron chi connectivity index (χ0n) is 51.0. The summed E-state index contributed by atoms with van der Waals surface area (Å²) in [5.41, 5.74) is 10.3. The molecule has 4 aliphatic rings. The normalized spacial score (nSPS) is 16.3. The number of nitrogens with one attached hydrogen (secondary N) is 2. The van der Waals surface area contributed by atoms with Gasteiger partial charge in [0.25, 0.3) is 17.7 Å². The molecule has 0 bridgehead atoms. The fourth-order valence-corrected chi connectivity index (χ4v) is 14.1. The lowest BCUT2D eigenvalue weighted by Gasteiger charge is -2.26. The second-order valence-electron chi connectivity index (χ2n) is 23.4. The van der Waals surface area contributed by atoms with E-state index in [2.05, 4.69) is 18.6 Å². The number of rotatable bonds is 20. The fourth-order valence-electron chi connectivity index (χ4n) is 13.1. The molecule has 2 aromatic heterocycles. The molecule has 2 aliphatic carbocycles. The van der Waals surface area contributed by atoms with Crippen molar-refractivity contribution in [3.8, 4) is 34.0 Å². The van der Waals surface area contributed by atoms with E-state index in [0.29, 0.717) is 41.5 Å². The van der Waals surface area contributed by atoms with Crippen LogP contribution in [0.5, 0.6) is 11.5 Å². The van der Waals surface area contributed by atoms with E-state index in [1.165, 1.54) is 56.4 Å². The maximum Gasteiger partial charge on any atom is 0.303 e. The summed E-state index contributed by atoms with van der Waals surface area (Å²) < 4.78 is 71.2. The fraction of sp³-hybridized carbons (Fsp3) is 0.469. The third-order valence-corrected chi connectivity index (χ3v) is 20.3. The van der Waals surface area contributed by atoms with Gasteiger partial charge in [0, 0.05) is 111 Å². The molecule has 88 heavy (non-hydrogen) atoms. The molecule has 474 valence electrons. The predicted molar refractivity (Wildman–Crippen MR) is 336 cm³/mol. The van der Waals surface area contributed by atoms with Gasteiger partial charge in [-0.3, -0.25) is 19.2 Å². The highest BCUT2D eigenvalue weighted by Gasteiger charge is 2.37. The Kier molecular flexibility index (Phi) is 20.9. The number of nitrogens with zero attached hydrogens (tertiary/aromatic N) is 6. The van der Waals surface area contributed by atoms with Crippen molar-refractivity contribution in [3.05, 3.63) is 112 Å². The van der Waals surface area contributed by atoms with Gasteiger partial charge in [-0.15, -0.1) is 0 Å². The van der Waals surface area contributed by atoms with E-state index in [1.54, 1.807) is 38.5 Å². The molecular formula is C64H82N8O14S2. The Balaban J connectivity index is 0.000000209. The van der Waals surface area contributed by atoms with Crippen molar-refractivity contribution in [2.24, 2.45) is 5.92 Å². The van der Waals surface area contributed by atoms with Gasteiger partial charge in [-0.1, -0.05) is 50.7 Å². The number of fused-ring (bicyclic) bond motifs is 10. The van der Waals surface area contributed by atoms with Gasteiger partial charge in [-0.25, -0.2) is 9.44 Å². The third-order valence-electron chi connectivity index (χ3n) is 17.5. The van der Waals surface area contributed by atoms with Gasteiger partial charge >= 0.3 is 20.4 Å². The van der Waals surface area contributed by atoms with E-state index < -0.39 is 38.2 Å². The third kappa shape index (κ3) is 13.7. The summed E-state index contributed by atoms with van der Waals surface area (Å²) >= 11 is 0. The van der Waals surface area contributed by atoms with Gasteiger partial charge in [0.05, 0.1) is 64.5 Å². The van der Waals surface area contributed by atoms with Crippen molar-refractivity contribution in [3.63, 3.8) is 0 Å². The first-order valence-electron chi connectivity index (χ1n) is 30.1. The SMILES string of the molecule is COc1ccc2c(c1)C=C(C(=O)N(CCO)CCO)Cn1c-2c(C2CCCCC2)c2ccc(C(=O)NS(=O)(=O)N(C)C)cc21.COc1ccc2c(c1)CC(C(=O)N(CCO)CCO)Cn1c-2c(C2CCCCC2)c2ccc(C(=O)NS(=O)(=O)N(C)C)cc21. The predicted octanol–water partition coefficient (Wildman–Crippen LogP) is 6.00. The number of amides is 4. The Morgan fingerprint density at radius 2 is 1.02 bits per heavy atom. The van der Waals surface area contributed by atoms with Crippen LogP contribution >= 0.6 is 0 Å². The summed E-state index contributed by atoms with van der Waals surface area (Å²) in [4.78, 5) is 57.1. The van der Waals surface area contributed by atoms with Crippen molar-refractivity contribution in [2.75, 3.05) is 95.0 Å². The lowest BCUT2D eigenvalue weighted by atomic mass is 9.81. The molecule has 0 radical (unpaired) electrons. The van der Waals surface area contributed by atoms with Crippen molar-refractivity contribution in [1.29, 1.82) is 0 Å². The standard InChI is InChI=1S/C32H42N4O7S.C32H40N4O7S/c2*1-34(2)44(41,42)33-31(39)22-9-11-27-28(19-22)36-20-24(32(40)35(13-15-37)14-16-38)17-23-18-25(43-3)10-12-26(23)30(36)29(27)21-7-5-4-6-8-21/h9-12,18-19,21,24,37-38H,4-8,13-17,20H2,1-3H3,(H,33,39);9-12,17-19,21,37-38H,4-8,13-16,20H2,1-3H3,(H,33,39). The molecule has 4 heterocycles. The smallest absolute Gasteiger partial charge is 0.303 e. The van der Waals surface area contributed by atoms with E-state index in [4.69, 9.17) is 9.47 Å². The molecule has 4 aromatic carbocycles. The second kappa shape index (κ2) is 28.1. The molecule has 1 atom stereocenters. The molecule has 4 amide bonds. The Hall–Kier alpha value is -7.16. The van der Waals surface area contributed by atoms with E-state index in [0.717, 1.165) is 115 Å². The van der Waals surface area contributed by atoms with Crippen molar-refractivity contribution >= 4 is 71.9 Å². The maximum atomic E-state index is 14.0. The summed E-state index contributed by atoms with van der Waals surface area (Å²) in [6, 6.07) is 22.2. The van der Waals surface area contributed by atoms with Crippen molar-refractivity contribution in [2.45, 2.75) is 95.6 Å². The molecule has 6 N–H and O–H groups in total. The summed E-state index contributed by atoms with van der Waals surface area (Å²) in [5, 5.41) is 40.5. The van der Waals surface area contributed by atoms with Crippen LogP contribution in [0.1, 0.15) is 119 Å². The van der Waals surface area contributed by atoms with Gasteiger partial charge < -0.3 is 48.8 Å². The van der Waals surface area contributed by atoms with E-state index in [-0.39, 0.29) is 88.0 Å². The van der Waals surface area contributed by atoms with Crippen LogP contribution in [0.2, 0.25) is 0 Å². The summed E-state index contributed by atoms with van der Waals surface area (Å²) in [5.74, 6) is -0.633. The molecule has 22 nitrogen and oxygen atoms in total. The van der Waals surface area contributed by atoms with Gasteiger partial charge in [0.1, 0.15) is 11.5 Å². The van der Waals surface area contributed by atoms with Crippen LogP contribution in [-0.2, 0) is 49.5 Å². The van der Waals surface area contributed by atoms with Crippen LogP contribution < -0.4 is 18.9 Å². The van der Waals surface area contributed by atoms with Gasteiger partial charge in [-0.05, 0) is 133 Å². The van der Waals surface area contributed by atoms with Crippen LogP contribution in [0.3, 0.4) is 0 Å². The molecule has 0 spiro atoms. The minimum absolute atomic E-state index is 0.0684. The Labute approximate surface area is 514 Å². The number of benzene rings is 4. The van der Waals surface area contributed by atoms with Crippen LogP contribution in [0.4, 0.5) is 0 Å². The number of carbonyl (C=O) groups excluding carboxylic acids is 4. The molecule has 1 unspecified atom stereocenters. The number of hydrogen-bond acceptors (Lipinski definition) is 14. The molecule has 2 saturated carbocycles. The number of aliphatic hydroxyl groups excluding tert-OH is 4. The molecule has 24 heteroatoms. The molecule has 10 rings (SSSR count). The first-order valence-corrected chi connectivity index (χ1v) is 33.0. The number of aromatic nitrogens is 2. The van der Waals surface area contributed by atoms with Gasteiger partial charge in [-0.2, -0.15) is 25.4 Å². The minimum Gasteiger partial charge on any atom is -0.497 e. The van der Waals surface area contributed by atoms with Crippen LogP contribution in [-0.4, -0.2) is 183 Å². The van der Waals surface area contributed by atoms with Crippen molar-refractivity contribution in [1.82, 2.24) is 37.0 Å². The number of ether oxygens (including phenoxy) is 2. The quantitative estimate of drug-likeness (QED) is 0.0512. The van der Waals surface area contributed by atoms with Crippen molar-refractivity contribution < 1.29 is 65.9 Å². The Morgan fingerprint density at radius 3 is 1.50 bits per heavy atom. The zero-order valence-corrected chi connectivity index (χ0v) is 52.6. The topological polar surface area (TPSA) is 283 Å². The number of methoxy groups -OCH3 is 2. The molecule has 6 aromatic rings. The average Bonchev–Trinajstić information content (AvgIpc) is 1.61. The molecule has 2 fully saturated rings.